The van der Waals surface area contributed by atoms with E-state index in [1.54, 1.807) is 43.5 Å². The lowest BCUT2D eigenvalue weighted by atomic mass is 10.0. The van der Waals surface area contributed by atoms with Crippen molar-refractivity contribution in [3.63, 3.8) is 0 Å². The van der Waals surface area contributed by atoms with E-state index in [1.807, 2.05) is 63.2 Å². The van der Waals surface area contributed by atoms with E-state index in [0.29, 0.717) is 18.0 Å². The third kappa shape index (κ3) is 8.84. The SMILES string of the molecule is COc1cccc(CN(C(=O)CN(c2ccc(C)cc2)S(C)(=O)=O)[C@H](Cc2ccccc2)C(=O)NCC(C)C)c1. The Bertz CT molecular complexity index is 1380. The molecule has 0 fully saturated rings. The van der Waals surface area contributed by atoms with Crippen LogP contribution < -0.4 is 14.4 Å². The van der Waals surface area contributed by atoms with E-state index < -0.39 is 28.5 Å². The zero-order valence-corrected chi connectivity index (χ0v) is 24.6. The second kappa shape index (κ2) is 14.0. The number of hydrogen-bond donors (Lipinski definition) is 1. The van der Waals surface area contributed by atoms with E-state index in [1.165, 1.54) is 4.90 Å². The Balaban J connectivity index is 2.05. The van der Waals surface area contributed by atoms with Gasteiger partial charge in [0.15, 0.2) is 0 Å². The molecule has 1 N–H and O–H groups in total. The number of methoxy groups -OCH3 is 1. The molecule has 0 unspecified atom stereocenters. The van der Waals surface area contributed by atoms with Crippen molar-refractivity contribution in [2.45, 2.75) is 39.8 Å². The first-order chi connectivity index (χ1) is 19.0. The molecule has 214 valence electrons. The predicted octanol–water partition coefficient (Wildman–Crippen LogP) is 4.18. The van der Waals surface area contributed by atoms with E-state index in [9.17, 15) is 18.0 Å². The molecule has 3 aromatic carbocycles. The Morgan fingerprint density at radius 3 is 2.17 bits per heavy atom. The van der Waals surface area contributed by atoms with Crippen LogP contribution in [-0.2, 0) is 32.6 Å². The van der Waals surface area contributed by atoms with Crippen LogP contribution in [-0.4, -0.2) is 57.6 Å². The molecule has 0 spiro atoms. The monoisotopic (exact) mass is 565 g/mol. The van der Waals surface area contributed by atoms with Crippen molar-refractivity contribution in [1.82, 2.24) is 10.2 Å². The number of nitrogens with zero attached hydrogens (tertiary/aromatic N) is 2. The minimum atomic E-state index is -3.80. The van der Waals surface area contributed by atoms with Gasteiger partial charge < -0.3 is 15.0 Å². The third-order valence-corrected chi connectivity index (χ3v) is 7.58. The zero-order chi connectivity index (χ0) is 29.3. The van der Waals surface area contributed by atoms with E-state index in [4.69, 9.17) is 4.74 Å². The molecule has 40 heavy (non-hydrogen) atoms. The summed E-state index contributed by atoms with van der Waals surface area (Å²) in [6, 6.07) is 22.8. The summed E-state index contributed by atoms with van der Waals surface area (Å²) in [6.45, 7) is 5.99. The smallest absolute Gasteiger partial charge is 0.244 e. The van der Waals surface area contributed by atoms with E-state index >= 15 is 0 Å². The lowest BCUT2D eigenvalue weighted by molar-refractivity contribution is -0.140. The normalized spacial score (nSPS) is 12.1. The third-order valence-electron chi connectivity index (χ3n) is 6.44. The minimum Gasteiger partial charge on any atom is -0.497 e. The van der Waals surface area contributed by atoms with E-state index in [0.717, 1.165) is 27.3 Å². The standard InChI is InChI=1S/C31H39N3O5S/c1-23(2)20-32-31(36)29(19-25-10-7-6-8-11-25)33(21-26-12-9-13-28(18-26)39-4)30(35)22-34(40(5,37)38)27-16-14-24(3)15-17-27/h6-18,23,29H,19-22H2,1-5H3,(H,32,36)/t29-/m1/s1. The van der Waals surface area contributed by atoms with Gasteiger partial charge in [-0.3, -0.25) is 13.9 Å². The van der Waals surface area contributed by atoms with Crippen molar-refractivity contribution in [1.29, 1.82) is 0 Å². The van der Waals surface area contributed by atoms with Gasteiger partial charge in [-0.15, -0.1) is 0 Å². The van der Waals surface area contributed by atoms with Crippen LogP contribution in [0.25, 0.3) is 0 Å². The van der Waals surface area contributed by atoms with Gasteiger partial charge in [0.25, 0.3) is 0 Å². The second-order valence-corrected chi connectivity index (χ2v) is 12.2. The van der Waals surface area contributed by atoms with Gasteiger partial charge in [0, 0.05) is 19.5 Å². The van der Waals surface area contributed by atoms with Crippen molar-refractivity contribution in [2.24, 2.45) is 5.92 Å². The fraction of sp³-hybridized carbons (Fsp3) is 0.355. The molecule has 1 atom stereocenters. The first-order valence-electron chi connectivity index (χ1n) is 13.3. The Hall–Kier alpha value is -3.85. The van der Waals surface area contributed by atoms with Crippen LogP contribution >= 0.6 is 0 Å². The topological polar surface area (TPSA) is 96.0 Å². The molecular formula is C31H39N3O5S. The number of anilines is 1. The highest BCUT2D eigenvalue weighted by Gasteiger charge is 2.33. The number of ether oxygens (including phenoxy) is 1. The molecule has 0 saturated carbocycles. The quantitative estimate of drug-likeness (QED) is 0.336. The molecule has 0 heterocycles. The molecule has 8 nitrogen and oxygen atoms in total. The molecule has 0 aromatic heterocycles. The average molecular weight is 566 g/mol. The van der Waals surface area contributed by atoms with Crippen LogP contribution in [0.4, 0.5) is 5.69 Å². The number of hydrogen-bond acceptors (Lipinski definition) is 5. The van der Waals surface area contributed by atoms with Gasteiger partial charge in [-0.1, -0.05) is 74.0 Å². The summed E-state index contributed by atoms with van der Waals surface area (Å²) in [5.41, 5.74) is 2.98. The largest absolute Gasteiger partial charge is 0.497 e. The minimum absolute atomic E-state index is 0.0914. The van der Waals surface area contributed by atoms with Crippen LogP contribution in [0, 0.1) is 12.8 Å². The highest BCUT2D eigenvalue weighted by molar-refractivity contribution is 7.92. The predicted molar refractivity (Wildman–Crippen MR) is 159 cm³/mol. The molecule has 0 aliphatic heterocycles. The number of amides is 2. The highest BCUT2D eigenvalue weighted by atomic mass is 32.2. The zero-order valence-electron chi connectivity index (χ0n) is 23.8. The van der Waals surface area contributed by atoms with Crippen LogP contribution in [0.3, 0.4) is 0 Å². The maximum atomic E-state index is 14.1. The number of aryl methyl sites for hydroxylation is 1. The Morgan fingerprint density at radius 2 is 1.57 bits per heavy atom. The molecule has 2 amide bonds. The molecule has 0 aliphatic rings. The molecule has 0 bridgehead atoms. The number of sulfonamides is 1. The van der Waals surface area contributed by atoms with Crippen molar-refractivity contribution < 1.29 is 22.7 Å². The highest BCUT2D eigenvalue weighted by Crippen LogP contribution is 2.22. The number of carbonyl (C=O) groups excluding carboxylic acids is 2. The van der Waals surface area contributed by atoms with Crippen LogP contribution in [0.1, 0.15) is 30.5 Å². The maximum absolute atomic E-state index is 14.1. The van der Waals surface area contributed by atoms with Gasteiger partial charge in [-0.05, 0) is 48.2 Å². The fourth-order valence-electron chi connectivity index (χ4n) is 4.27. The van der Waals surface area contributed by atoms with Crippen molar-refractivity contribution in [3.8, 4) is 5.75 Å². The first-order valence-corrected chi connectivity index (χ1v) is 15.1. The van der Waals surface area contributed by atoms with Crippen LogP contribution in [0.15, 0.2) is 78.9 Å². The van der Waals surface area contributed by atoms with Gasteiger partial charge in [-0.25, -0.2) is 8.42 Å². The van der Waals surface area contributed by atoms with E-state index in [-0.39, 0.29) is 24.8 Å². The molecule has 0 saturated heterocycles. The summed E-state index contributed by atoms with van der Waals surface area (Å²) in [7, 11) is -2.24. The average Bonchev–Trinajstić information content (AvgIpc) is 2.92. The summed E-state index contributed by atoms with van der Waals surface area (Å²) in [6.07, 6.45) is 1.34. The van der Waals surface area contributed by atoms with Gasteiger partial charge in [0.1, 0.15) is 18.3 Å². The summed E-state index contributed by atoms with van der Waals surface area (Å²) < 4.78 is 32.2. The van der Waals surface area contributed by atoms with Gasteiger partial charge in [0.05, 0.1) is 19.1 Å². The number of rotatable bonds is 13. The molecule has 3 rings (SSSR count). The first kappa shape index (κ1) is 30.7. The van der Waals surface area contributed by atoms with Crippen molar-refractivity contribution in [2.75, 3.05) is 30.8 Å². The van der Waals surface area contributed by atoms with Crippen LogP contribution in [0.5, 0.6) is 5.75 Å². The molecule has 0 radical (unpaired) electrons. The van der Waals surface area contributed by atoms with Crippen molar-refractivity contribution in [3.05, 3.63) is 95.6 Å². The lowest BCUT2D eigenvalue weighted by Gasteiger charge is -2.33. The fourth-order valence-corrected chi connectivity index (χ4v) is 5.12. The molecule has 3 aromatic rings. The summed E-state index contributed by atoms with van der Waals surface area (Å²) in [5.74, 6) is 0.0433. The maximum Gasteiger partial charge on any atom is 0.244 e. The number of benzene rings is 3. The summed E-state index contributed by atoms with van der Waals surface area (Å²) in [5, 5.41) is 2.98. The molecular weight excluding hydrogens is 526 g/mol. The molecule has 0 aliphatic carbocycles. The van der Waals surface area contributed by atoms with Gasteiger partial charge >= 0.3 is 0 Å². The van der Waals surface area contributed by atoms with E-state index in [2.05, 4.69) is 5.32 Å². The number of carbonyl (C=O) groups is 2. The van der Waals surface area contributed by atoms with Gasteiger partial charge in [0.2, 0.25) is 21.8 Å². The van der Waals surface area contributed by atoms with Gasteiger partial charge in [-0.2, -0.15) is 0 Å². The van der Waals surface area contributed by atoms with Crippen molar-refractivity contribution >= 4 is 27.5 Å². The molecule has 9 heteroatoms. The Labute approximate surface area is 238 Å². The van der Waals surface area contributed by atoms with Crippen LogP contribution in [0.2, 0.25) is 0 Å². The Morgan fingerprint density at radius 1 is 0.925 bits per heavy atom. The summed E-state index contributed by atoms with van der Waals surface area (Å²) in [4.78, 5) is 29.2. The Kier molecular flexibility index (Phi) is 10.7. The lowest BCUT2D eigenvalue weighted by Crippen LogP contribution is -2.53. The summed E-state index contributed by atoms with van der Waals surface area (Å²) >= 11 is 0. The second-order valence-electron chi connectivity index (χ2n) is 10.3. The number of nitrogens with one attached hydrogen (secondary N) is 1.